The maximum absolute atomic E-state index is 11.8. The number of piperidine rings is 1. The van der Waals surface area contributed by atoms with E-state index in [-0.39, 0.29) is 11.3 Å². The number of rotatable bonds is 1. The van der Waals surface area contributed by atoms with Gasteiger partial charge < -0.3 is 4.90 Å². The topological polar surface area (TPSA) is 33.2 Å². The Morgan fingerprint density at radius 1 is 1.71 bits per heavy atom. The number of thiazole rings is 1. The number of carbonyl (C=O) groups excluding carboxylic acids is 1. The quantitative estimate of drug-likeness (QED) is 0.692. The predicted octanol–water partition coefficient (Wildman–Crippen LogP) is 1.99. The Bertz CT molecular complexity index is 315. The van der Waals surface area contributed by atoms with Crippen LogP contribution < -0.4 is 0 Å². The molecule has 1 atom stereocenters. The lowest BCUT2D eigenvalue weighted by atomic mass is 10.1. The van der Waals surface area contributed by atoms with Crippen LogP contribution in [0.2, 0.25) is 0 Å². The van der Waals surface area contributed by atoms with E-state index in [0.29, 0.717) is 12.2 Å². The molecule has 0 spiro atoms. The van der Waals surface area contributed by atoms with Crippen molar-refractivity contribution in [3.8, 4) is 0 Å². The van der Waals surface area contributed by atoms with Gasteiger partial charge in [-0.25, -0.2) is 4.98 Å². The Kier molecular flexibility index (Phi) is 3.03. The van der Waals surface area contributed by atoms with Gasteiger partial charge in [0, 0.05) is 18.5 Å². The van der Waals surface area contributed by atoms with Gasteiger partial charge in [-0.3, -0.25) is 4.79 Å². The number of alkyl halides is 1. The second-order valence-electron chi connectivity index (χ2n) is 3.36. The number of likely N-dealkylation sites (tertiary alicyclic amines) is 1. The Morgan fingerprint density at radius 2 is 2.57 bits per heavy atom. The highest BCUT2D eigenvalue weighted by molar-refractivity contribution is 7.07. The molecule has 0 radical (unpaired) electrons. The number of hydrogen-bond donors (Lipinski definition) is 0. The van der Waals surface area contributed by atoms with Gasteiger partial charge in [0.05, 0.1) is 10.9 Å². The van der Waals surface area contributed by atoms with E-state index in [0.717, 1.165) is 19.4 Å². The third-order valence-electron chi connectivity index (χ3n) is 2.30. The lowest BCUT2D eigenvalue weighted by molar-refractivity contribution is 0.0722. The number of aromatic nitrogens is 1. The van der Waals surface area contributed by atoms with Gasteiger partial charge in [-0.15, -0.1) is 22.9 Å². The van der Waals surface area contributed by atoms with E-state index in [4.69, 9.17) is 11.6 Å². The van der Waals surface area contributed by atoms with Crippen LogP contribution in [0, 0.1) is 0 Å². The average molecular weight is 231 g/mol. The number of carbonyl (C=O) groups is 1. The van der Waals surface area contributed by atoms with Crippen LogP contribution in [0.15, 0.2) is 10.9 Å². The highest BCUT2D eigenvalue weighted by Crippen LogP contribution is 2.17. The standard InChI is InChI=1S/C9H11ClN2OS/c10-7-2-1-3-12(4-7)9(13)8-5-14-6-11-8/h5-7H,1-4H2. The first-order valence-corrected chi connectivity index (χ1v) is 5.97. The van der Waals surface area contributed by atoms with Crippen molar-refractivity contribution in [3.05, 3.63) is 16.6 Å². The maximum Gasteiger partial charge on any atom is 0.273 e. The average Bonchev–Trinajstić information content (AvgIpc) is 2.69. The molecule has 0 aromatic carbocycles. The Balaban J connectivity index is 2.04. The second-order valence-corrected chi connectivity index (χ2v) is 4.70. The van der Waals surface area contributed by atoms with Gasteiger partial charge in [-0.2, -0.15) is 0 Å². The fraction of sp³-hybridized carbons (Fsp3) is 0.556. The molecule has 2 heterocycles. The van der Waals surface area contributed by atoms with Crippen LogP contribution >= 0.6 is 22.9 Å². The molecular formula is C9H11ClN2OS. The van der Waals surface area contributed by atoms with Gasteiger partial charge in [0.1, 0.15) is 5.69 Å². The van der Waals surface area contributed by atoms with Crippen molar-refractivity contribution in [2.24, 2.45) is 0 Å². The molecule has 1 aliphatic rings. The Labute approximate surface area is 91.7 Å². The largest absolute Gasteiger partial charge is 0.336 e. The van der Waals surface area contributed by atoms with Crippen molar-refractivity contribution in [3.63, 3.8) is 0 Å². The summed E-state index contributed by atoms with van der Waals surface area (Å²) in [6.07, 6.45) is 1.99. The molecule has 76 valence electrons. The summed E-state index contributed by atoms with van der Waals surface area (Å²) < 4.78 is 0. The van der Waals surface area contributed by atoms with E-state index >= 15 is 0 Å². The van der Waals surface area contributed by atoms with Crippen LogP contribution in [-0.4, -0.2) is 34.3 Å². The molecule has 1 unspecified atom stereocenters. The monoisotopic (exact) mass is 230 g/mol. The number of nitrogens with zero attached hydrogens (tertiary/aromatic N) is 2. The molecular weight excluding hydrogens is 220 g/mol. The summed E-state index contributed by atoms with van der Waals surface area (Å²) in [5.74, 6) is 0.0107. The molecule has 1 saturated heterocycles. The third-order valence-corrected chi connectivity index (χ3v) is 3.25. The molecule has 14 heavy (non-hydrogen) atoms. The molecule has 0 bridgehead atoms. The van der Waals surface area contributed by atoms with E-state index in [9.17, 15) is 4.79 Å². The van der Waals surface area contributed by atoms with Gasteiger partial charge in [0.25, 0.3) is 5.91 Å². The van der Waals surface area contributed by atoms with Crippen molar-refractivity contribution in [2.45, 2.75) is 18.2 Å². The van der Waals surface area contributed by atoms with Crippen molar-refractivity contribution in [2.75, 3.05) is 13.1 Å². The van der Waals surface area contributed by atoms with Crippen LogP contribution in [0.1, 0.15) is 23.3 Å². The SMILES string of the molecule is O=C(c1cscn1)N1CCCC(Cl)C1. The summed E-state index contributed by atoms with van der Waals surface area (Å²) in [5.41, 5.74) is 2.22. The zero-order valence-electron chi connectivity index (χ0n) is 7.65. The smallest absolute Gasteiger partial charge is 0.273 e. The third kappa shape index (κ3) is 2.07. The van der Waals surface area contributed by atoms with Crippen molar-refractivity contribution < 1.29 is 4.79 Å². The van der Waals surface area contributed by atoms with Gasteiger partial charge in [-0.1, -0.05) is 0 Å². The first-order chi connectivity index (χ1) is 6.77. The highest BCUT2D eigenvalue weighted by atomic mass is 35.5. The van der Waals surface area contributed by atoms with E-state index in [1.807, 2.05) is 0 Å². The lowest BCUT2D eigenvalue weighted by Gasteiger charge is -2.29. The second kappa shape index (κ2) is 4.28. The molecule has 0 N–H and O–H groups in total. The molecule has 0 saturated carbocycles. The Morgan fingerprint density at radius 3 is 3.21 bits per heavy atom. The lowest BCUT2D eigenvalue weighted by Crippen LogP contribution is -2.40. The van der Waals surface area contributed by atoms with Crippen LogP contribution in [-0.2, 0) is 0 Å². The first-order valence-electron chi connectivity index (χ1n) is 4.59. The molecule has 1 aromatic rings. The molecule has 2 rings (SSSR count). The van der Waals surface area contributed by atoms with E-state index < -0.39 is 0 Å². The van der Waals surface area contributed by atoms with Crippen LogP contribution in [0.4, 0.5) is 0 Å². The molecule has 3 nitrogen and oxygen atoms in total. The molecule has 5 heteroatoms. The normalized spacial score (nSPS) is 22.4. The molecule has 1 fully saturated rings. The van der Waals surface area contributed by atoms with E-state index in [1.54, 1.807) is 15.8 Å². The number of halogens is 1. The van der Waals surface area contributed by atoms with Gasteiger partial charge in [0.2, 0.25) is 0 Å². The van der Waals surface area contributed by atoms with E-state index in [2.05, 4.69) is 4.98 Å². The van der Waals surface area contributed by atoms with E-state index in [1.165, 1.54) is 11.3 Å². The van der Waals surface area contributed by atoms with Gasteiger partial charge in [0.15, 0.2) is 0 Å². The summed E-state index contributed by atoms with van der Waals surface area (Å²) in [6.45, 7) is 1.46. The number of hydrogen-bond acceptors (Lipinski definition) is 3. The highest BCUT2D eigenvalue weighted by Gasteiger charge is 2.23. The van der Waals surface area contributed by atoms with Gasteiger partial charge >= 0.3 is 0 Å². The number of amides is 1. The summed E-state index contributed by atoms with van der Waals surface area (Å²) in [4.78, 5) is 17.6. The van der Waals surface area contributed by atoms with Crippen molar-refractivity contribution in [1.82, 2.24) is 9.88 Å². The summed E-state index contributed by atoms with van der Waals surface area (Å²) in [5, 5.41) is 1.88. The minimum Gasteiger partial charge on any atom is -0.336 e. The minimum absolute atomic E-state index is 0.0107. The Hall–Kier alpha value is -0.610. The fourth-order valence-electron chi connectivity index (χ4n) is 1.59. The fourth-order valence-corrected chi connectivity index (χ4v) is 2.44. The van der Waals surface area contributed by atoms with Crippen molar-refractivity contribution in [1.29, 1.82) is 0 Å². The predicted molar refractivity (Wildman–Crippen MR) is 56.9 cm³/mol. The molecule has 1 aliphatic heterocycles. The maximum atomic E-state index is 11.8. The van der Waals surface area contributed by atoms with Gasteiger partial charge in [-0.05, 0) is 12.8 Å². The summed E-state index contributed by atoms with van der Waals surface area (Å²) in [7, 11) is 0. The van der Waals surface area contributed by atoms with Crippen LogP contribution in [0.3, 0.4) is 0 Å². The minimum atomic E-state index is 0.0107. The molecule has 1 aromatic heterocycles. The summed E-state index contributed by atoms with van der Waals surface area (Å²) in [6, 6.07) is 0. The zero-order chi connectivity index (χ0) is 9.97. The van der Waals surface area contributed by atoms with Crippen molar-refractivity contribution >= 4 is 28.8 Å². The van der Waals surface area contributed by atoms with Crippen LogP contribution in [0.5, 0.6) is 0 Å². The van der Waals surface area contributed by atoms with Crippen LogP contribution in [0.25, 0.3) is 0 Å². The first kappa shape index (κ1) is 9.93. The zero-order valence-corrected chi connectivity index (χ0v) is 9.22. The molecule has 1 amide bonds. The summed E-state index contributed by atoms with van der Waals surface area (Å²) >= 11 is 7.45. The molecule has 0 aliphatic carbocycles.